The van der Waals surface area contributed by atoms with E-state index in [4.69, 9.17) is 9.47 Å². The summed E-state index contributed by atoms with van der Waals surface area (Å²) < 4.78 is 10.3. The lowest BCUT2D eigenvalue weighted by Gasteiger charge is -2.26. The van der Waals surface area contributed by atoms with Gasteiger partial charge in [-0.2, -0.15) is 0 Å². The minimum atomic E-state index is -0.677. The first kappa shape index (κ1) is 13.6. The van der Waals surface area contributed by atoms with Crippen molar-refractivity contribution in [3.63, 3.8) is 0 Å². The fraction of sp³-hybridized carbons (Fsp3) is 0.909. The van der Waals surface area contributed by atoms with Crippen molar-refractivity contribution in [2.45, 2.75) is 51.7 Å². The summed E-state index contributed by atoms with van der Waals surface area (Å²) in [4.78, 5) is 11.7. The third-order valence-electron chi connectivity index (χ3n) is 2.69. The van der Waals surface area contributed by atoms with E-state index in [1.807, 2.05) is 13.8 Å². The van der Waals surface area contributed by atoms with Crippen LogP contribution in [0.2, 0.25) is 0 Å². The molecule has 0 bridgehead atoms. The van der Waals surface area contributed by atoms with Gasteiger partial charge in [-0.3, -0.25) is 4.79 Å². The van der Waals surface area contributed by atoms with Gasteiger partial charge in [-0.25, -0.2) is 0 Å². The number of ether oxygens (including phenoxy) is 2. The maximum absolute atomic E-state index is 11.7. The van der Waals surface area contributed by atoms with E-state index in [0.717, 1.165) is 6.42 Å². The lowest BCUT2D eigenvalue weighted by molar-refractivity contribution is -0.138. The summed E-state index contributed by atoms with van der Waals surface area (Å²) >= 11 is 0. The molecule has 0 aromatic carbocycles. The summed E-state index contributed by atoms with van der Waals surface area (Å²) in [5.41, 5.74) is -0.913. The first-order valence-corrected chi connectivity index (χ1v) is 4.89. The van der Waals surface area contributed by atoms with E-state index in [-0.39, 0.29) is 11.4 Å². The molecule has 84 valence electrons. The van der Waals surface area contributed by atoms with Gasteiger partial charge in [0, 0.05) is 20.6 Å². The Morgan fingerprint density at radius 3 is 1.93 bits per heavy atom. The van der Waals surface area contributed by atoms with Gasteiger partial charge in [-0.05, 0) is 34.1 Å². The van der Waals surface area contributed by atoms with Crippen LogP contribution in [-0.2, 0) is 14.3 Å². The molecule has 0 aliphatic carbocycles. The van der Waals surface area contributed by atoms with Crippen LogP contribution in [0.1, 0.15) is 40.5 Å². The molecule has 0 rings (SSSR count). The molecule has 0 unspecified atom stereocenters. The van der Waals surface area contributed by atoms with Crippen LogP contribution in [-0.4, -0.2) is 31.2 Å². The topological polar surface area (TPSA) is 35.5 Å². The molecule has 0 radical (unpaired) electrons. The molecule has 0 aliphatic rings. The fourth-order valence-electron chi connectivity index (χ4n) is 0.931. The molecule has 0 atom stereocenters. The number of methoxy groups -OCH3 is 2. The molecule has 3 nitrogen and oxygen atoms in total. The van der Waals surface area contributed by atoms with E-state index in [0.29, 0.717) is 6.42 Å². The zero-order valence-electron chi connectivity index (χ0n) is 10.1. The third kappa shape index (κ3) is 4.20. The zero-order chi connectivity index (χ0) is 11.4. The van der Waals surface area contributed by atoms with Gasteiger partial charge in [0.2, 0.25) is 0 Å². The normalized spacial score (nSPS) is 13.0. The molecule has 0 aliphatic heterocycles. The summed E-state index contributed by atoms with van der Waals surface area (Å²) in [7, 11) is 3.21. The second-order valence-electron chi connectivity index (χ2n) is 4.60. The molecular formula is C11H22O3. The van der Waals surface area contributed by atoms with Crippen LogP contribution >= 0.6 is 0 Å². The first-order chi connectivity index (χ1) is 6.25. The largest absolute Gasteiger partial charge is 0.379 e. The van der Waals surface area contributed by atoms with E-state index in [2.05, 4.69) is 0 Å². The lowest BCUT2D eigenvalue weighted by Crippen LogP contribution is -2.35. The Kier molecular flexibility index (Phi) is 4.75. The van der Waals surface area contributed by atoms with Gasteiger partial charge in [0.25, 0.3) is 0 Å². The van der Waals surface area contributed by atoms with Crippen molar-refractivity contribution in [2.24, 2.45) is 0 Å². The molecule has 0 saturated carbocycles. The zero-order valence-corrected chi connectivity index (χ0v) is 10.1. The predicted octanol–water partition coefficient (Wildman–Crippen LogP) is 2.19. The fourth-order valence-corrected chi connectivity index (χ4v) is 0.931. The maximum atomic E-state index is 11.7. The number of hydrogen-bond acceptors (Lipinski definition) is 3. The van der Waals surface area contributed by atoms with Crippen molar-refractivity contribution in [3.8, 4) is 0 Å². The van der Waals surface area contributed by atoms with Crippen LogP contribution in [0.4, 0.5) is 0 Å². The van der Waals surface area contributed by atoms with E-state index >= 15 is 0 Å². The summed E-state index contributed by atoms with van der Waals surface area (Å²) in [5, 5.41) is 0. The Morgan fingerprint density at radius 2 is 1.57 bits per heavy atom. The third-order valence-corrected chi connectivity index (χ3v) is 2.69. The molecule has 3 heteroatoms. The Hall–Kier alpha value is -0.410. The van der Waals surface area contributed by atoms with Crippen LogP contribution < -0.4 is 0 Å². The Balaban J connectivity index is 4.10. The second kappa shape index (κ2) is 4.89. The standard InChI is InChI=1S/C11H22O3/c1-10(2,13-5)8-7-9(12)11(3,4)14-6/h7-8H2,1-6H3. The van der Waals surface area contributed by atoms with Gasteiger partial charge in [0.1, 0.15) is 5.60 Å². The van der Waals surface area contributed by atoms with Gasteiger partial charge in [-0.15, -0.1) is 0 Å². The van der Waals surface area contributed by atoms with Gasteiger partial charge in [0.05, 0.1) is 5.60 Å². The highest BCUT2D eigenvalue weighted by Crippen LogP contribution is 2.19. The molecular weight excluding hydrogens is 180 g/mol. The average Bonchev–Trinajstić information content (AvgIpc) is 2.14. The molecule has 0 aromatic heterocycles. The van der Waals surface area contributed by atoms with Gasteiger partial charge < -0.3 is 9.47 Å². The Labute approximate surface area is 86.8 Å². The molecule has 0 heterocycles. The van der Waals surface area contributed by atoms with Crippen molar-refractivity contribution in [1.82, 2.24) is 0 Å². The minimum Gasteiger partial charge on any atom is -0.379 e. The SMILES string of the molecule is COC(C)(C)CCC(=O)C(C)(C)OC. The number of carbonyl (C=O) groups excluding carboxylic acids is 1. The maximum Gasteiger partial charge on any atom is 0.164 e. The van der Waals surface area contributed by atoms with Crippen LogP contribution in [0.15, 0.2) is 0 Å². The molecule has 0 saturated heterocycles. The van der Waals surface area contributed by atoms with Crippen LogP contribution in [0.25, 0.3) is 0 Å². The molecule has 0 spiro atoms. The predicted molar refractivity (Wildman–Crippen MR) is 56.4 cm³/mol. The lowest BCUT2D eigenvalue weighted by atomic mass is 9.94. The number of carbonyl (C=O) groups is 1. The van der Waals surface area contributed by atoms with Crippen molar-refractivity contribution in [2.75, 3.05) is 14.2 Å². The Morgan fingerprint density at radius 1 is 1.07 bits per heavy atom. The van der Waals surface area contributed by atoms with Gasteiger partial charge in [-0.1, -0.05) is 0 Å². The highest BCUT2D eigenvalue weighted by Gasteiger charge is 2.28. The summed E-state index contributed by atoms with van der Waals surface area (Å²) in [6, 6.07) is 0. The summed E-state index contributed by atoms with van der Waals surface area (Å²) in [6.45, 7) is 7.52. The van der Waals surface area contributed by atoms with Crippen molar-refractivity contribution < 1.29 is 14.3 Å². The van der Waals surface area contributed by atoms with Gasteiger partial charge >= 0.3 is 0 Å². The van der Waals surface area contributed by atoms with Crippen molar-refractivity contribution in [3.05, 3.63) is 0 Å². The summed E-state index contributed by atoms with van der Waals surface area (Å²) in [5.74, 6) is 0.116. The van der Waals surface area contributed by atoms with Crippen molar-refractivity contribution in [1.29, 1.82) is 0 Å². The van der Waals surface area contributed by atoms with Gasteiger partial charge in [0.15, 0.2) is 5.78 Å². The van der Waals surface area contributed by atoms with E-state index in [9.17, 15) is 4.79 Å². The molecule has 0 aromatic rings. The average molecular weight is 202 g/mol. The molecule has 0 amide bonds. The highest BCUT2D eigenvalue weighted by atomic mass is 16.5. The summed E-state index contributed by atoms with van der Waals surface area (Å²) in [6.07, 6.45) is 1.21. The first-order valence-electron chi connectivity index (χ1n) is 4.89. The van der Waals surface area contributed by atoms with Crippen LogP contribution in [0.5, 0.6) is 0 Å². The quantitative estimate of drug-likeness (QED) is 0.662. The van der Waals surface area contributed by atoms with Crippen molar-refractivity contribution >= 4 is 5.78 Å². The highest BCUT2D eigenvalue weighted by molar-refractivity contribution is 5.86. The van der Waals surface area contributed by atoms with E-state index in [1.54, 1.807) is 28.1 Å². The van der Waals surface area contributed by atoms with Crippen LogP contribution in [0.3, 0.4) is 0 Å². The minimum absolute atomic E-state index is 0.116. The van der Waals surface area contributed by atoms with E-state index in [1.165, 1.54) is 0 Å². The second-order valence-corrected chi connectivity index (χ2v) is 4.60. The van der Waals surface area contributed by atoms with Crippen LogP contribution in [0, 0.1) is 0 Å². The molecule has 14 heavy (non-hydrogen) atoms. The molecule has 0 N–H and O–H groups in total. The smallest absolute Gasteiger partial charge is 0.164 e. The number of hydrogen-bond donors (Lipinski definition) is 0. The number of rotatable bonds is 6. The monoisotopic (exact) mass is 202 g/mol. The Bertz CT molecular complexity index is 195. The number of ketones is 1. The molecule has 0 fully saturated rings. The van der Waals surface area contributed by atoms with E-state index < -0.39 is 5.60 Å². The number of Topliss-reactive ketones (excluding diaryl/α,β-unsaturated/α-hetero) is 1.